The molecular weight excluding hydrogens is 427 g/mol. The summed E-state index contributed by atoms with van der Waals surface area (Å²) in [6.45, 7) is 5.01. The van der Waals surface area contributed by atoms with Crippen LogP contribution < -0.4 is 9.64 Å². The SMILES string of the molecule is COc1ccc(CCN2CCN(c3nc(-c4cc(Cl)cc(Cl)c4)ns3)CC2)cc1. The highest BCUT2D eigenvalue weighted by atomic mass is 35.5. The number of hydrogen-bond acceptors (Lipinski definition) is 6. The van der Waals surface area contributed by atoms with Gasteiger partial charge in [0.05, 0.1) is 7.11 Å². The number of anilines is 1. The number of rotatable bonds is 6. The average Bonchev–Trinajstić information content (AvgIpc) is 3.23. The Hall–Kier alpha value is -1.86. The van der Waals surface area contributed by atoms with Crippen LogP contribution in [-0.4, -0.2) is 54.1 Å². The standard InChI is InChI=1S/C21H22Cl2N4OS/c1-28-19-4-2-15(3-5-19)6-7-26-8-10-27(11-9-26)21-24-20(25-29-21)16-12-17(22)14-18(23)13-16/h2-5,12-14H,6-11H2,1H3. The molecule has 3 aromatic rings. The first-order valence-corrected chi connectivity index (χ1v) is 11.0. The van der Waals surface area contributed by atoms with Crippen LogP contribution in [-0.2, 0) is 6.42 Å². The van der Waals surface area contributed by atoms with E-state index in [1.165, 1.54) is 17.1 Å². The van der Waals surface area contributed by atoms with Crippen LogP contribution in [0.25, 0.3) is 11.4 Å². The molecule has 0 saturated carbocycles. The smallest absolute Gasteiger partial charge is 0.205 e. The fraction of sp³-hybridized carbons (Fsp3) is 0.333. The number of nitrogens with zero attached hydrogens (tertiary/aromatic N) is 4. The van der Waals surface area contributed by atoms with Gasteiger partial charge in [-0.1, -0.05) is 35.3 Å². The normalized spacial score (nSPS) is 14.9. The Bertz CT molecular complexity index is 935. The average molecular weight is 449 g/mol. The Morgan fingerprint density at radius 3 is 2.34 bits per heavy atom. The van der Waals surface area contributed by atoms with Gasteiger partial charge in [-0.3, -0.25) is 4.90 Å². The summed E-state index contributed by atoms with van der Waals surface area (Å²) < 4.78 is 9.72. The van der Waals surface area contributed by atoms with E-state index in [0.717, 1.165) is 55.6 Å². The van der Waals surface area contributed by atoms with Crippen molar-refractivity contribution in [3.05, 3.63) is 58.1 Å². The lowest BCUT2D eigenvalue weighted by atomic mass is 10.1. The van der Waals surface area contributed by atoms with E-state index in [9.17, 15) is 0 Å². The maximum absolute atomic E-state index is 6.10. The molecule has 8 heteroatoms. The van der Waals surface area contributed by atoms with Gasteiger partial charge in [-0.25, -0.2) is 0 Å². The minimum absolute atomic E-state index is 0.592. The number of piperazine rings is 1. The predicted molar refractivity (Wildman–Crippen MR) is 121 cm³/mol. The number of aromatic nitrogens is 2. The molecule has 0 spiro atoms. The summed E-state index contributed by atoms with van der Waals surface area (Å²) in [4.78, 5) is 9.51. The predicted octanol–water partition coefficient (Wildman–Crippen LogP) is 4.89. The van der Waals surface area contributed by atoms with Crippen molar-refractivity contribution in [1.29, 1.82) is 0 Å². The van der Waals surface area contributed by atoms with Crippen LogP contribution >= 0.6 is 34.7 Å². The van der Waals surface area contributed by atoms with E-state index in [2.05, 4.69) is 26.3 Å². The second-order valence-electron chi connectivity index (χ2n) is 6.99. The van der Waals surface area contributed by atoms with Crippen LogP contribution in [0.1, 0.15) is 5.56 Å². The number of benzene rings is 2. The second kappa shape index (κ2) is 9.30. The van der Waals surface area contributed by atoms with E-state index in [-0.39, 0.29) is 0 Å². The van der Waals surface area contributed by atoms with Crippen LogP contribution in [0.5, 0.6) is 5.75 Å². The Labute approximate surface area is 185 Å². The zero-order valence-corrected chi connectivity index (χ0v) is 18.5. The molecule has 2 aromatic carbocycles. The number of halogens is 2. The molecule has 0 unspecified atom stereocenters. The molecule has 5 nitrogen and oxygen atoms in total. The molecule has 1 aliphatic heterocycles. The van der Waals surface area contributed by atoms with Crippen LogP contribution in [0.3, 0.4) is 0 Å². The maximum Gasteiger partial charge on any atom is 0.205 e. The summed E-state index contributed by atoms with van der Waals surface area (Å²) >= 11 is 13.6. The third-order valence-electron chi connectivity index (χ3n) is 5.05. The van der Waals surface area contributed by atoms with Crippen molar-refractivity contribution >= 4 is 39.9 Å². The third-order valence-corrected chi connectivity index (χ3v) is 6.27. The molecule has 0 aliphatic carbocycles. The molecule has 1 saturated heterocycles. The van der Waals surface area contributed by atoms with Crippen molar-refractivity contribution in [2.24, 2.45) is 0 Å². The molecule has 2 heterocycles. The van der Waals surface area contributed by atoms with E-state index in [0.29, 0.717) is 15.9 Å². The molecule has 29 heavy (non-hydrogen) atoms. The summed E-state index contributed by atoms with van der Waals surface area (Å²) in [5.41, 5.74) is 2.19. The van der Waals surface area contributed by atoms with Crippen LogP contribution in [0.4, 0.5) is 5.13 Å². The van der Waals surface area contributed by atoms with E-state index >= 15 is 0 Å². The van der Waals surface area contributed by atoms with Gasteiger partial charge in [-0.2, -0.15) is 9.36 Å². The zero-order chi connectivity index (χ0) is 20.2. The molecule has 152 valence electrons. The van der Waals surface area contributed by atoms with Crippen molar-refractivity contribution in [3.8, 4) is 17.1 Å². The Morgan fingerprint density at radius 1 is 1.00 bits per heavy atom. The van der Waals surface area contributed by atoms with Gasteiger partial charge in [0.2, 0.25) is 5.13 Å². The summed E-state index contributed by atoms with van der Waals surface area (Å²) in [7, 11) is 1.69. The van der Waals surface area contributed by atoms with Gasteiger partial charge in [0.1, 0.15) is 5.75 Å². The molecule has 0 amide bonds. The summed E-state index contributed by atoms with van der Waals surface area (Å²) in [6, 6.07) is 13.7. The van der Waals surface area contributed by atoms with E-state index in [1.807, 2.05) is 24.3 Å². The molecule has 1 aliphatic rings. The third kappa shape index (κ3) is 5.20. The topological polar surface area (TPSA) is 41.5 Å². The van der Waals surface area contributed by atoms with Gasteiger partial charge >= 0.3 is 0 Å². The van der Waals surface area contributed by atoms with Gasteiger partial charge in [0.25, 0.3) is 0 Å². The molecule has 1 fully saturated rings. The molecule has 4 rings (SSSR count). The lowest BCUT2D eigenvalue weighted by Crippen LogP contribution is -2.47. The lowest BCUT2D eigenvalue weighted by Gasteiger charge is -2.34. The van der Waals surface area contributed by atoms with Gasteiger partial charge in [-0.05, 0) is 42.3 Å². The van der Waals surface area contributed by atoms with Gasteiger partial charge in [0.15, 0.2) is 5.82 Å². The quantitative estimate of drug-likeness (QED) is 0.536. The Kier molecular flexibility index (Phi) is 6.55. The summed E-state index contributed by atoms with van der Waals surface area (Å²) in [5, 5.41) is 2.13. The van der Waals surface area contributed by atoms with Gasteiger partial charge in [-0.15, -0.1) is 0 Å². The van der Waals surface area contributed by atoms with E-state index < -0.39 is 0 Å². The molecule has 0 N–H and O–H groups in total. The van der Waals surface area contributed by atoms with E-state index in [4.69, 9.17) is 32.9 Å². The summed E-state index contributed by atoms with van der Waals surface area (Å²) in [6.07, 6.45) is 1.04. The highest BCUT2D eigenvalue weighted by Gasteiger charge is 2.20. The van der Waals surface area contributed by atoms with Crippen molar-refractivity contribution in [3.63, 3.8) is 0 Å². The number of methoxy groups -OCH3 is 1. The largest absolute Gasteiger partial charge is 0.497 e. The van der Waals surface area contributed by atoms with Crippen LogP contribution in [0, 0.1) is 0 Å². The lowest BCUT2D eigenvalue weighted by molar-refractivity contribution is 0.261. The van der Waals surface area contributed by atoms with Gasteiger partial charge in [0, 0.05) is 59.9 Å². The van der Waals surface area contributed by atoms with Crippen LogP contribution in [0.15, 0.2) is 42.5 Å². The Balaban J connectivity index is 1.31. The van der Waals surface area contributed by atoms with Crippen molar-refractivity contribution in [2.45, 2.75) is 6.42 Å². The first kappa shape index (κ1) is 20.4. The number of hydrogen-bond donors (Lipinski definition) is 0. The zero-order valence-electron chi connectivity index (χ0n) is 16.1. The summed E-state index contributed by atoms with van der Waals surface area (Å²) in [5.74, 6) is 1.58. The fourth-order valence-electron chi connectivity index (χ4n) is 3.39. The highest BCUT2D eigenvalue weighted by molar-refractivity contribution is 7.09. The minimum atomic E-state index is 0.592. The van der Waals surface area contributed by atoms with Crippen molar-refractivity contribution in [1.82, 2.24) is 14.3 Å². The maximum atomic E-state index is 6.10. The molecule has 0 atom stereocenters. The van der Waals surface area contributed by atoms with Crippen molar-refractivity contribution in [2.75, 3.05) is 44.7 Å². The first-order chi connectivity index (χ1) is 14.1. The monoisotopic (exact) mass is 448 g/mol. The number of ether oxygens (including phenoxy) is 1. The van der Waals surface area contributed by atoms with E-state index in [1.54, 1.807) is 13.2 Å². The fourth-order valence-corrected chi connectivity index (χ4v) is 4.65. The Morgan fingerprint density at radius 2 is 1.69 bits per heavy atom. The van der Waals surface area contributed by atoms with Gasteiger partial charge < -0.3 is 9.64 Å². The van der Waals surface area contributed by atoms with Crippen LogP contribution in [0.2, 0.25) is 10.0 Å². The van der Waals surface area contributed by atoms with Crippen molar-refractivity contribution < 1.29 is 4.74 Å². The molecular formula is C21H22Cl2N4OS. The second-order valence-corrected chi connectivity index (χ2v) is 8.59. The highest BCUT2D eigenvalue weighted by Crippen LogP contribution is 2.29. The molecule has 0 bridgehead atoms. The minimum Gasteiger partial charge on any atom is -0.497 e. The first-order valence-electron chi connectivity index (χ1n) is 9.51. The molecule has 1 aromatic heterocycles. The molecule has 0 radical (unpaired) electrons.